The number of nitrogens with one attached hydrogen (secondary N) is 1. The first-order valence-electron chi connectivity index (χ1n) is 4.50. The minimum absolute atomic E-state index is 0.233. The number of halogens is 1. The van der Waals surface area contributed by atoms with E-state index < -0.39 is 0 Å². The van der Waals surface area contributed by atoms with E-state index in [9.17, 15) is 0 Å². The number of piperidine rings is 1. The van der Waals surface area contributed by atoms with Crippen molar-refractivity contribution >= 4 is 11.6 Å². The Bertz CT molecular complexity index is 287. The highest BCUT2D eigenvalue weighted by Gasteiger charge is 2.22. The molecule has 0 spiro atoms. The number of hydrogen-bond acceptors (Lipinski definition) is 3. The molecule has 0 aromatic carbocycles. The first kappa shape index (κ1) is 9.06. The fourth-order valence-corrected chi connectivity index (χ4v) is 1.83. The molecule has 0 saturated carbocycles. The molecule has 1 aromatic rings. The largest absolute Gasteiger partial charge is 0.448 e. The van der Waals surface area contributed by atoms with E-state index in [4.69, 9.17) is 21.8 Å². The minimum atomic E-state index is 0.233. The summed E-state index contributed by atoms with van der Waals surface area (Å²) in [5.41, 5.74) is 5.85. The average Bonchev–Trinajstić information content (AvgIpc) is 2.52. The maximum atomic E-state index is 5.85. The third-order valence-corrected chi connectivity index (χ3v) is 2.58. The number of furan rings is 1. The fraction of sp³-hybridized carbons (Fsp3) is 0.556. The van der Waals surface area contributed by atoms with Gasteiger partial charge in [0.25, 0.3) is 0 Å². The van der Waals surface area contributed by atoms with Crippen LogP contribution in [0.3, 0.4) is 0 Å². The highest BCUT2D eigenvalue weighted by atomic mass is 35.5. The molecule has 1 aliphatic heterocycles. The van der Waals surface area contributed by atoms with Crippen LogP contribution in [-0.4, -0.2) is 12.6 Å². The van der Waals surface area contributed by atoms with Crippen molar-refractivity contribution in [1.29, 1.82) is 0 Å². The summed E-state index contributed by atoms with van der Waals surface area (Å²) in [6.45, 7) is 0.949. The van der Waals surface area contributed by atoms with Crippen molar-refractivity contribution in [2.45, 2.75) is 24.9 Å². The lowest BCUT2D eigenvalue weighted by Crippen LogP contribution is -2.38. The Morgan fingerprint density at radius 2 is 2.38 bits per heavy atom. The zero-order chi connectivity index (χ0) is 9.26. The molecule has 2 atom stereocenters. The zero-order valence-corrected chi connectivity index (χ0v) is 8.05. The van der Waals surface area contributed by atoms with Crippen molar-refractivity contribution in [3.63, 3.8) is 0 Å². The maximum absolute atomic E-state index is 5.85. The monoisotopic (exact) mass is 200 g/mol. The average molecular weight is 201 g/mol. The second-order valence-corrected chi connectivity index (χ2v) is 3.81. The summed E-state index contributed by atoms with van der Waals surface area (Å²) in [4.78, 5) is 0. The summed E-state index contributed by atoms with van der Waals surface area (Å²) in [5, 5.41) is 3.79. The van der Waals surface area contributed by atoms with Crippen LogP contribution in [0.25, 0.3) is 0 Å². The smallest absolute Gasteiger partial charge is 0.193 e. The lowest BCUT2D eigenvalue weighted by Gasteiger charge is -2.26. The molecule has 2 rings (SSSR count). The zero-order valence-electron chi connectivity index (χ0n) is 7.29. The van der Waals surface area contributed by atoms with Crippen molar-refractivity contribution in [3.05, 3.63) is 23.1 Å². The molecule has 0 bridgehead atoms. The Hall–Kier alpha value is -0.510. The van der Waals surface area contributed by atoms with Crippen LogP contribution < -0.4 is 11.1 Å². The first-order chi connectivity index (χ1) is 6.25. The molecule has 2 heterocycles. The third kappa shape index (κ3) is 2.05. The van der Waals surface area contributed by atoms with E-state index in [1.165, 1.54) is 0 Å². The van der Waals surface area contributed by atoms with Gasteiger partial charge in [-0.25, -0.2) is 0 Å². The number of nitrogens with two attached hydrogens (primary N) is 1. The molecule has 0 radical (unpaired) electrons. The van der Waals surface area contributed by atoms with Gasteiger partial charge < -0.3 is 15.5 Å². The van der Waals surface area contributed by atoms with Crippen LogP contribution in [0.5, 0.6) is 0 Å². The van der Waals surface area contributed by atoms with Crippen molar-refractivity contribution in [2.75, 3.05) is 6.54 Å². The van der Waals surface area contributed by atoms with Crippen LogP contribution in [0.15, 0.2) is 16.5 Å². The van der Waals surface area contributed by atoms with Gasteiger partial charge in [0, 0.05) is 6.04 Å². The summed E-state index contributed by atoms with van der Waals surface area (Å²) in [6, 6.07) is 4.17. The Kier molecular flexibility index (Phi) is 2.58. The van der Waals surface area contributed by atoms with Crippen LogP contribution in [0, 0.1) is 0 Å². The predicted octanol–water partition coefficient (Wildman–Crippen LogP) is 1.68. The van der Waals surface area contributed by atoms with Crippen molar-refractivity contribution < 1.29 is 4.42 Å². The lowest BCUT2D eigenvalue weighted by molar-refractivity contribution is 0.323. The first-order valence-corrected chi connectivity index (χ1v) is 4.87. The van der Waals surface area contributed by atoms with E-state index >= 15 is 0 Å². The normalized spacial score (nSPS) is 29.1. The van der Waals surface area contributed by atoms with Crippen LogP contribution in [0.2, 0.25) is 5.22 Å². The van der Waals surface area contributed by atoms with Gasteiger partial charge in [0.15, 0.2) is 5.22 Å². The molecule has 2 unspecified atom stereocenters. The molecule has 1 aromatic heterocycles. The van der Waals surface area contributed by atoms with Gasteiger partial charge in [-0.1, -0.05) is 0 Å². The van der Waals surface area contributed by atoms with Gasteiger partial charge in [-0.15, -0.1) is 0 Å². The summed E-state index contributed by atoms with van der Waals surface area (Å²) < 4.78 is 5.32. The van der Waals surface area contributed by atoms with Crippen LogP contribution in [0.1, 0.15) is 24.6 Å². The number of hydrogen-bond donors (Lipinski definition) is 2. The van der Waals surface area contributed by atoms with Gasteiger partial charge in [0.1, 0.15) is 5.76 Å². The molecular formula is C9H13ClN2O. The van der Waals surface area contributed by atoms with E-state index in [-0.39, 0.29) is 12.1 Å². The molecule has 1 aliphatic rings. The fourth-order valence-electron chi connectivity index (χ4n) is 1.68. The molecule has 13 heavy (non-hydrogen) atoms. The van der Waals surface area contributed by atoms with Crippen LogP contribution >= 0.6 is 11.6 Å². The molecule has 4 heteroatoms. The van der Waals surface area contributed by atoms with E-state index in [1.807, 2.05) is 6.07 Å². The standard InChI is InChI=1S/C9H13ClN2O/c10-9-2-1-8(13-9)7-5-6(11)3-4-12-7/h1-2,6-7,12H,3-5,11H2. The second kappa shape index (κ2) is 3.70. The van der Waals surface area contributed by atoms with E-state index in [1.54, 1.807) is 6.07 Å². The van der Waals surface area contributed by atoms with Gasteiger partial charge >= 0.3 is 0 Å². The highest BCUT2D eigenvalue weighted by Crippen LogP contribution is 2.25. The molecular weight excluding hydrogens is 188 g/mol. The van der Waals surface area contributed by atoms with Gasteiger partial charge in [-0.05, 0) is 43.1 Å². The molecule has 0 aliphatic carbocycles. The van der Waals surface area contributed by atoms with E-state index in [0.717, 1.165) is 25.1 Å². The summed E-state index contributed by atoms with van der Waals surface area (Å²) >= 11 is 5.69. The van der Waals surface area contributed by atoms with Crippen molar-refractivity contribution in [1.82, 2.24) is 5.32 Å². The highest BCUT2D eigenvalue weighted by molar-refractivity contribution is 6.28. The van der Waals surface area contributed by atoms with E-state index in [0.29, 0.717) is 5.22 Å². The molecule has 1 fully saturated rings. The molecule has 0 amide bonds. The Morgan fingerprint density at radius 3 is 3.00 bits per heavy atom. The molecule has 3 N–H and O–H groups in total. The van der Waals surface area contributed by atoms with Gasteiger partial charge in [-0.2, -0.15) is 0 Å². The lowest BCUT2D eigenvalue weighted by atomic mass is 9.99. The van der Waals surface area contributed by atoms with Gasteiger partial charge in [-0.3, -0.25) is 0 Å². The SMILES string of the molecule is NC1CCNC(c2ccc(Cl)o2)C1. The van der Waals surface area contributed by atoms with Crippen molar-refractivity contribution in [3.8, 4) is 0 Å². The third-order valence-electron chi connectivity index (χ3n) is 2.38. The van der Waals surface area contributed by atoms with Crippen LogP contribution in [0.4, 0.5) is 0 Å². The predicted molar refractivity (Wildman–Crippen MR) is 51.7 cm³/mol. The van der Waals surface area contributed by atoms with E-state index in [2.05, 4.69) is 5.32 Å². The molecule has 72 valence electrons. The van der Waals surface area contributed by atoms with Crippen LogP contribution in [-0.2, 0) is 0 Å². The Labute approximate surface area is 82.2 Å². The van der Waals surface area contributed by atoms with Gasteiger partial charge in [0.05, 0.1) is 6.04 Å². The summed E-state index contributed by atoms with van der Waals surface area (Å²) in [7, 11) is 0. The second-order valence-electron chi connectivity index (χ2n) is 3.43. The quantitative estimate of drug-likeness (QED) is 0.726. The topological polar surface area (TPSA) is 51.2 Å². The molecule has 3 nitrogen and oxygen atoms in total. The Morgan fingerprint density at radius 1 is 1.54 bits per heavy atom. The summed E-state index contributed by atoms with van der Waals surface area (Å²) in [5.74, 6) is 0.889. The maximum Gasteiger partial charge on any atom is 0.193 e. The minimum Gasteiger partial charge on any atom is -0.448 e. The number of rotatable bonds is 1. The molecule has 1 saturated heterocycles. The van der Waals surface area contributed by atoms with Crippen molar-refractivity contribution in [2.24, 2.45) is 5.73 Å². The summed E-state index contributed by atoms with van der Waals surface area (Å²) in [6.07, 6.45) is 1.95. The Balaban J connectivity index is 2.08. The van der Waals surface area contributed by atoms with Gasteiger partial charge in [0.2, 0.25) is 0 Å².